The maximum atomic E-state index is 2.45. The normalized spacial score (nSPS) is 11.8. The summed E-state index contributed by atoms with van der Waals surface area (Å²) in [6.45, 7) is 0. The van der Waals surface area contributed by atoms with Crippen LogP contribution in [0.15, 0.2) is 243 Å². The lowest BCUT2D eigenvalue weighted by molar-refractivity contribution is 1.30. The van der Waals surface area contributed by atoms with Gasteiger partial charge >= 0.3 is 0 Å². The van der Waals surface area contributed by atoms with Crippen molar-refractivity contribution in [2.24, 2.45) is 0 Å². The minimum absolute atomic E-state index is 1.11. The van der Waals surface area contributed by atoms with Crippen molar-refractivity contribution in [3.63, 3.8) is 0 Å². The number of thiophene rings is 2. The van der Waals surface area contributed by atoms with E-state index < -0.39 is 0 Å². The Labute approximate surface area is 401 Å². The number of benzene rings is 12. The first-order chi connectivity index (χ1) is 33.7. The van der Waals surface area contributed by atoms with Gasteiger partial charge in [-0.1, -0.05) is 170 Å². The summed E-state index contributed by atoms with van der Waals surface area (Å²) >= 11 is 3.72. The van der Waals surface area contributed by atoms with E-state index in [-0.39, 0.29) is 0 Å². The third-order valence-electron chi connectivity index (χ3n) is 13.8. The van der Waals surface area contributed by atoms with Gasteiger partial charge in [0.15, 0.2) is 0 Å². The largest absolute Gasteiger partial charge is 0.310 e. The van der Waals surface area contributed by atoms with E-state index in [1.807, 2.05) is 22.7 Å². The Morgan fingerprint density at radius 2 is 0.544 bits per heavy atom. The second-order valence-corrected chi connectivity index (χ2v) is 19.8. The van der Waals surface area contributed by atoms with Gasteiger partial charge in [-0.05, 0) is 116 Å². The molecule has 0 bridgehead atoms. The number of anilines is 6. The van der Waals surface area contributed by atoms with Crippen molar-refractivity contribution in [3.8, 4) is 11.1 Å². The molecule has 318 valence electrons. The van der Waals surface area contributed by atoms with Crippen LogP contribution in [0, 0.1) is 0 Å². The molecule has 0 atom stereocenters. The fourth-order valence-electron chi connectivity index (χ4n) is 10.6. The molecule has 0 N–H and O–H groups in total. The van der Waals surface area contributed by atoms with E-state index in [4.69, 9.17) is 0 Å². The molecule has 0 aliphatic rings. The molecule has 2 nitrogen and oxygen atoms in total. The summed E-state index contributed by atoms with van der Waals surface area (Å²) in [5, 5.41) is 15.1. The van der Waals surface area contributed by atoms with Crippen LogP contribution in [-0.2, 0) is 0 Å². The topological polar surface area (TPSA) is 6.48 Å². The van der Waals surface area contributed by atoms with Crippen molar-refractivity contribution in [2.45, 2.75) is 0 Å². The second-order valence-electron chi connectivity index (χ2n) is 17.6. The quantitative estimate of drug-likeness (QED) is 0.147. The Balaban J connectivity index is 0.891. The molecule has 14 aromatic rings. The van der Waals surface area contributed by atoms with Crippen LogP contribution in [-0.4, -0.2) is 0 Å². The highest BCUT2D eigenvalue weighted by atomic mass is 32.1. The van der Waals surface area contributed by atoms with Gasteiger partial charge in [-0.2, -0.15) is 0 Å². The van der Waals surface area contributed by atoms with Crippen LogP contribution in [0.4, 0.5) is 34.1 Å². The van der Waals surface area contributed by atoms with E-state index in [9.17, 15) is 0 Å². The van der Waals surface area contributed by atoms with Gasteiger partial charge in [0, 0.05) is 73.9 Å². The van der Waals surface area contributed by atoms with Gasteiger partial charge in [0.1, 0.15) is 0 Å². The van der Waals surface area contributed by atoms with E-state index in [0.29, 0.717) is 0 Å². The number of hydrogen-bond acceptors (Lipinski definition) is 4. The number of fused-ring (bicyclic) bond motifs is 12. The van der Waals surface area contributed by atoms with E-state index in [0.717, 1.165) is 45.3 Å². The highest BCUT2D eigenvalue weighted by Gasteiger charge is 2.21. The monoisotopic (exact) mass is 900 g/mol. The first kappa shape index (κ1) is 38.9. The van der Waals surface area contributed by atoms with Crippen molar-refractivity contribution >= 4 is 140 Å². The molecule has 0 aliphatic carbocycles. The van der Waals surface area contributed by atoms with Crippen LogP contribution in [0.3, 0.4) is 0 Å². The lowest BCUT2D eigenvalue weighted by Gasteiger charge is -2.28. The van der Waals surface area contributed by atoms with Crippen molar-refractivity contribution in [2.75, 3.05) is 9.80 Å². The lowest BCUT2D eigenvalue weighted by atomic mass is 9.98. The molecule has 14 rings (SSSR count). The van der Waals surface area contributed by atoms with Crippen molar-refractivity contribution in [3.05, 3.63) is 243 Å². The van der Waals surface area contributed by atoms with Crippen molar-refractivity contribution in [1.29, 1.82) is 0 Å². The van der Waals surface area contributed by atoms with Crippen molar-refractivity contribution in [1.82, 2.24) is 0 Å². The smallest absolute Gasteiger partial charge is 0.0546 e. The second kappa shape index (κ2) is 15.7. The van der Waals surface area contributed by atoms with E-state index >= 15 is 0 Å². The summed E-state index contributed by atoms with van der Waals surface area (Å²) in [7, 11) is 0. The Bertz CT molecular complexity index is 4000. The number of nitrogens with zero attached hydrogens (tertiary/aromatic N) is 2. The van der Waals surface area contributed by atoms with Crippen LogP contribution in [0.25, 0.3) is 94.6 Å². The van der Waals surface area contributed by atoms with Gasteiger partial charge in [-0.25, -0.2) is 0 Å². The maximum Gasteiger partial charge on any atom is 0.0546 e. The molecule has 0 unspecified atom stereocenters. The fourth-order valence-corrected chi connectivity index (χ4v) is 12.9. The summed E-state index contributed by atoms with van der Waals surface area (Å²) in [6.07, 6.45) is 0. The lowest BCUT2D eigenvalue weighted by Crippen LogP contribution is -2.11. The molecule has 0 fully saturated rings. The average molecular weight is 901 g/mol. The van der Waals surface area contributed by atoms with Gasteiger partial charge in [0.25, 0.3) is 0 Å². The summed E-state index contributed by atoms with van der Waals surface area (Å²) in [5.41, 5.74) is 9.14. The predicted molar refractivity (Wildman–Crippen MR) is 297 cm³/mol. The summed E-state index contributed by atoms with van der Waals surface area (Å²) < 4.78 is 5.18. The Kier molecular flexibility index (Phi) is 8.98. The molecule has 0 spiro atoms. The molecule has 12 aromatic carbocycles. The molecule has 0 saturated carbocycles. The van der Waals surface area contributed by atoms with Gasteiger partial charge in [0.2, 0.25) is 0 Å². The van der Waals surface area contributed by atoms with Gasteiger partial charge in [-0.15, -0.1) is 22.7 Å². The Morgan fingerprint density at radius 3 is 0.971 bits per heavy atom. The summed E-state index contributed by atoms with van der Waals surface area (Å²) in [6, 6.07) is 89.6. The molecular formula is C64H40N2S2. The van der Waals surface area contributed by atoms with Gasteiger partial charge in [-0.3, -0.25) is 0 Å². The zero-order valence-corrected chi connectivity index (χ0v) is 38.4. The highest BCUT2D eigenvalue weighted by molar-refractivity contribution is 7.26. The van der Waals surface area contributed by atoms with Crippen LogP contribution in [0.1, 0.15) is 0 Å². The SMILES string of the molecule is c1ccc2c(c1)cc(N(c1ccc(-c3ccc(N(c4ccc5c(c4)sc4ccccc45)c4cc5ccccc5c5ccccc45)cc3)cc1)c1ccc3c(c1)sc1ccccc13)c1ccccc12. The molecular weight excluding hydrogens is 861 g/mol. The Morgan fingerprint density at radius 1 is 0.221 bits per heavy atom. The molecule has 0 saturated heterocycles. The maximum absolute atomic E-state index is 2.45. The first-order valence-corrected chi connectivity index (χ1v) is 24.8. The molecule has 0 aliphatic heterocycles. The highest BCUT2D eigenvalue weighted by Crippen LogP contribution is 2.47. The first-order valence-electron chi connectivity index (χ1n) is 23.1. The number of rotatable bonds is 7. The summed E-state index contributed by atoms with van der Waals surface area (Å²) in [4.78, 5) is 4.90. The third kappa shape index (κ3) is 6.30. The minimum Gasteiger partial charge on any atom is -0.310 e. The van der Waals surface area contributed by atoms with Crippen LogP contribution in [0.2, 0.25) is 0 Å². The van der Waals surface area contributed by atoms with E-state index in [1.54, 1.807) is 0 Å². The van der Waals surface area contributed by atoms with Gasteiger partial charge in [0.05, 0.1) is 11.4 Å². The van der Waals surface area contributed by atoms with E-state index in [1.165, 1.54) is 83.4 Å². The minimum atomic E-state index is 1.11. The molecule has 0 amide bonds. The molecule has 2 heterocycles. The standard InChI is InChI=1S/C64H40N2S2/c1-3-15-49-43(13-1)37-59(53-19-7-5-17-51(49)53)65(47-33-35-57-55-21-9-11-23-61(55)67-63(57)39-47)45-29-25-41(26-30-45)42-27-31-46(32-28-42)66(48-34-36-58-56-22-10-12-24-62(56)68-64(58)40-48)60-38-44-14-2-4-16-50(44)52-18-6-8-20-54(52)60/h1-40H. The predicted octanol–water partition coefficient (Wildman–Crippen LogP) is 19.6. The zero-order valence-electron chi connectivity index (χ0n) is 36.8. The number of hydrogen-bond donors (Lipinski definition) is 0. The van der Waals surface area contributed by atoms with E-state index in [2.05, 4.69) is 252 Å². The Hall–Kier alpha value is -8.28. The molecule has 68 heavy (non-hydrogen) atoms. The van der Waals surface area contributed by atoms with Crippen LogP contribution < -0.4 is 9.80 Å². The van der Waals surface area contributed by atoms with Crippen LogP contribution >= 0.6 is 22.7 Å². The van der Waals surface area contributed by atoms with Crippen molar-refractivity contribution < 1.29 is 0 Å². The summed E-state index contributed by atoms with van der Waals surface area (Å²) in [5.74, 6) is 0. The van der Waals surface area contributed by atoms with Crippen LogP contribution in [0.5, 0.6) is 0 Å². The third-order valence-corrected chi connectivity index (χ3v) is 16.1. The average Bonchev–Trinajstić information content (AvgIpc) is 3.97. The molecule has 2 aromatic heterocycles. The molecule has 0 radical (unpaired) electrons. The van der Waals surface area contributed by atoms with Gasteiger partial charge < -0.3 is 9.80 Å². The zero-order chi connectivity index (χ0) is 44.7. The fraction of sp³-hybridized carbons (Fsp3) is 0. The molecule has 4 heteroatoms.